The monoisotopic (exact) mass is 438 g/mol. The molecule has 0 aliphatic carbocycles. The molecule has 2 amide bonds. The fourth-order valence-corrected chi connectivity index (χ4v) is 5.42. The summed E-state index contributed by atoms with van der Waals surface area (Å²) in [5.41, 5.74) is 1.16. The first kappa shape index (κ1) is 25.9. The van der Waals surface area contributed by atoms with Crippen LogP contribution >= 0.6 is 23.5 Å². The average molecular weight is 439 g/mol. The van der Waals surface area contributed by atoms with E-state index in [2.05, 4.69) is 46.8 Å². The van der Waals surface area contributed by atoms with Gasteiger partial charge in [-0.15, -0.1) is 23.5 Å². The van der Waals surface area contributed by atoms with Crippen molar-refractivity contribution in [2.75, 3.05) is 37.7 Å². The fourth-order valence-electron chi connectivity index (χ4n) is 3.18. The van der Waals surface area contributed by atoms with E-state index in [-0.39, 0.29) is 11.8 Å². The van der Waals surface area contributed by atoms with Crippen molar-refractivity contribution >= 4 is 35.3 Å². The van der Waals surface area contributed by atoms with Crippen molar-refractivity contribution in [2.24, 2.45) is 0 Å². The highest BCUT2D eigenvalue weighted by molar-refractivity contribution is 8.03. The van der Waals surface area contributed by atoms with Gasteiger partial charge in [0.1, 0.15) is 0 Å². The van der Waals surface area contributed by atoms with E-state index in [1.807, 2.05) is 15.9 Å². The zero-order valence-corrected chi connectivity index (χ0v) is 20.5. The van der Waals surface area contributed by atoms with E-state index in [9.17, 15) is 9.59 Å². The van der Waals surface area contributed by atoms with Crippen LogP contribution in [0.4, 0.5) is 0 Å². The molecule has 0 aliphatic rings. The predicted molar refractivity (Wildman–Crippen MR) is 127 cm³/mol. The SMILES string of the molecule is CCCN(CCC)C(=O)CSc1cccc(C)c1SCC(=O)N(CCC)CCC. The normalized spacial score (nSPS) is 10.8. The van der Waals surface area contributed by atoms with Crippen molar-refractivity contribution in [1.82, 2.24) is 9.80 Å². The number of nitrogens with zero attached hydrogens (tertiary/aromatic N) is 2. The Balaban J connectivity index is 2.78. The largest absolute Gasteiger partial charge is 0.342 e. The van der Waals surface area contributed by atoms with E-state index >= 15 is 0 Å². The van der Waals surface area contributed by atoms with Gasteiger partial charge in [-0.1, -0.05) is 39.8 Å². The molecule has 0 aromatic heterocycles. The molecule has 0 unspecified atom stereocenters. The number of thioether (sulfide) groups is 2. The van der Waals surface area contributed by atoms with Gasteiger partial charge in [-0.3, -0.25) is 9.59 Å². The zero-order valence-electron chi connectivity index (χ0n) is 18.8. The smallest absolute Gasteiger partial charge is 0.232 e. The van der Waals surface area contributed by atoms with Crippen molar-refractivity contribution < 1.29 is 9.59 Å². The number of carbonyl (C=O) groups excluding carboxylic acids is 2. The van der Waals surface area contributed by atoms with Gasteiger partial charge in [0.15, 0.2) is 0 Å². The Morgan fingerprint density at radius 1 is 0.759 bits per heavy atom. The van der Waals surface area contributed by atoms with Crippen molar-refractivity contribution in [1.29, 1.82) is 0 Å². The van der Waals surface area contributed by atoms with Crippen LogP contribution in [0.5, 0.6) is 0 Å². The minimum Gasteiger partial charge on any atom is -0.342 e. The maximum absolute atomic E-state index is 12.7. The van der Waals surface area contributed by atoms with E-state index in [1.54, 1.807) is 23.5 Å². The van der Waals surface area contributed by atoms with Crippen LogP contribution in [0, 0.1) is 6.92 Å². The third-order valence-electron chi connectivity index (χ3n) is 4.55. The maximum atomic E-state index is 12.7. The molecule has 4 nitrogen and oxygen atoms in total. The molecule has 1 rings (SSSR count). The van der Waals surface area contributed by atoms with Crippen LogP contribution in [0.15, 0.2) is 28.0 Å². The first-order chi connectivity index (χ1) is 14.0. The Morgan fingerprint density at radius 2 is 1.21 bits per heavy atom. The summed E-state index contributed by atoms with van der Waals surface area (Å²) in [5, 5.41) is 0. The summed E-state index contributed by atoms with van der Waals surface area (Å²) in [6.07, 6.45) is 3.93. The second kappa shape index (κ2) is 14.8. The quantitative estimate of drug-likeness (QED) is 0.361. The summed E-state index contributed by atoms with van der Waals surface area (Å²) in [5.74, 6) is 1.29. The number of aryl methyl sites for hydroxylation is 1. The van der Waals surface area contributed by atoms with Crippen LogP contribution in [-0.2, 0) is 9.59 Å². The summed E-state index contributed by atoms with van der Waals surface area (Å²) in [6.45, 7) is 13.8. The van der Waals surface area contributed by atoms with Crippen LogP contribution < -0.4 is 0 Å². The lowest BCUT2D eigenvalue weighted by atomic mass is 10.2. The molecule has 29 heavy (non-hydrogen) atoms. The van der Waals surface area contributed by atoms with Gasteiger partial charge in [-0.25, -0.2) is 0 Å². The second-order valence-corrected chi connectivity index (χ2v) is 9.24. The van der Waals surface area contributed by atoms with E-state index in [0.29, 0.717) is 11.5 Å². The summed E-state index contributed by atoms with van der Waals surface area (Å²) in [7, 11) is 0. The lowest BCUT2D eigenvalue weighted by Gasteiger charge is -2.22. The summed E-state index contributed by atoms with van der Waals surface area (Å²) < 4.78 is 0. The molecule has 0 fully saturated rings. The van der Waals surface area contributed by atoms with Crippen LogP contribution in [0.25, 0.3) is 0 Å². The molecule has 164 valence electrons. The molecule has 0 aliphatic heterocycles. The van der Waals surface area contributed by atoms with Crippen LogP contribution in [0.3, 0.4) is 0 Å². The number of amides is 2. The average Bonchev–Trinajstić information content (AvgIpc) is 2.70. The van der Waals surface area contributed by atoms with Crippen LogP contribution in [-0.4, -0.2) is 59.3 Å². The van der Waals surface area contributed by atoms with Gasteiger partial charge < -0.3 is 9.80 Å². The van der Waals surface area contributed by atoms with Crippen molar-refractivity contribution in [2.45, 2.75) is 70.1 Å². The Bertz CT molecular complexity index is 625. The van der Waals surface area contributed by atoms with Gasteiger partial charge in [-0.2, -0.15) is 0 Å². The Hall–Kier alpha value is -1.14. The van der Waals surface area contributed by atoms with Gasteiger partial charge >= 0.3 is 0 Å². The number of carbonyl (C=O) groups is 2. The maximum Gasteiger partial charge on any atom is 0.232 e. The van der Waals surface area contributed by atoms with E-state index < -0.39 is 0 Å². The molecule has 0 heterocycles. The Labute approximate surface area is 186 Å². The van der Waals surface area contributed by atoms with E-state index in [0.717, 1.165) is 67.2 Å². The molecule has 1 aromatic carbocycles. The first-order valence-corrected chi connectivity index (χ1v) is 12.9. The Kier molecular flexibility index (Phi) is 13.2. The highest BCUT2D eigenvalue weighted by Gasteiger charge is 2.17. The molecular weight excluding hydrogens is 400 g/mol. The third-order valence-corrected chi connectivity index (χ3v) is 6.94. The van der Waals surface area contributed by atoms with Crippen LogP contribution in [0.1, 0.15) is 58.9 Å². The number of benzene rings is 1. The summed E-state index contributed by atoms with van der Waals surface area (Å²) in [6, 6.07) is 6.18. The topological polar surface area (TPSA) is 40.6 Å². The minimum absolute atomic E-state index is 0.198. The molecule has 0 bridgehead atoms. The standard InChI is InChI=1S/C23H38N2O2S2/c1-6-13-24(14-7-2)21(26)17-28-20-12-10-11-19(5)23(20)29-18-22(27)25(15-8-3)16-9-4/h10-12H,6-9,13-18H2,1-5H3. The molecule has 0 radical (unpaired) electrons. The number of hydrogen-bond donors (Lipinski definition) is 0. The first-order valence-electron chi connectivity index (χ1n) is 10.9. The highest BCUT2D eigenvalue weighted by atomic mass is 32.2. The molecule has 0 atom stereocenters. The summed E-state index contributed by atoms with van der Waals surface area (Å²) in [4.78, 5) is 31.4. The molecular formula is C23H38N2O2S2. The molecule has 1 aromatic rings. The minimum atomic E-state index is 0.198. The van der Waals surface area contributed by atoms with Crippen molar-refractivity contribution in [3.63, 3.8) is 0 Å². The third kappa shape index (κ3) is 9.04. The van der Waals surface area contributed by atoms with Crippen molar-refractivity contribution in [3.05, 3.63) is 23.8 Å². The van der Waals surface area contributed by atoms with Gasteiger partial charge in [0.2, 0.25) is 11.8 Å². The second-order valence-electron chi connectivity index (χ2n) is 7.24. The number of rotatable bonds is 14. The molecule has 0 saturated heterocycles. The van der Waals surface area contributed by atoms with Crippen LogP contribution in [0.2, 0.25) is 0 Å². The van der Waals surface area contributed by atoms with E-state index in [1.165, 1.54) is 0 Å². The molecule has 0 saturated carbocycles. The zero-order chi connectivity index (χ0) is 21.6. The highest BCUT2D eigenvalue weighted by Crippen LogP contribution is 2.34. The van der Waals surface area contributed by atoms with Gasteiger partial charge in [0.05, 0.1) is 11.5 Å². The predicted octanol–water partition coefficient (Wildman–Crippen LogP) is 5.48. The number of hydrogen-bond acceptors (Lipinski definition) is 4. The molecule has 0 spiro atoms. The summed E-state index contributed by atoms with van der Waals surface area (Å²) >= 11 is 3.20. The van der Waals surface area contributed by atoms with Gasteiger partial charge in [0, 0.05) is 36.0 Å². The van der Waals surface area contributed by atoms with E-state index in [4.69, 9.17) is 0 Å². The Morgan fingerprint density at radius 3 is 1.66 bits per heavy atom. The lowest BCUT2D eigenvalue weighted by molar-refractivity contribution is -0.129. The van der Waals surface area contributed by atoms with Gasteiger partial charge in [-0.05, 0) is 44.2 Å². The van der Waals surface area contributed by atoms with Crippen molar-refractivity contribution in [3.8, 4) is 0 Å². The lowest BCUT2D eigenvalue weighted by Crippen LogP contribution is -2.34. The molecule has 6 heteroatoms. The molecule has 0 N–H and O–H groups in total. The fraction of sp³-hybridized carbons (Fsp3) is 0.652. The van der Waals surface area contributed by atoms with Gasteiger partial charge in [0.25, 0.3) is 0 Å².